The number of nitrogens with zero attached hydrogens (tertiary/aromatic N) is 1. The van der Waals surface area contributed by atoms with Crippen LogP contribution in [0.4, 0.5) is 0 Å². The first-order chi connectivity index (χ1) is 17.1. The number of nitriles is 1. The van der Waals surface area contributed by atoms with E-state index in [-0.39, 0.29) is 34.4 Å². The number of carbonyl (C=O) groups is 3. The number of carboxylic acid groups (broad SMARTS) is 1. The maximum Gasteiger partial charge on any atom is 0.309 e. The molecule has 1 N–H and O–H groups in total. The second kappa shape index (κ2) is 7.47. The van der Waals surface area contributed by atoms with Gasteiger partial charge in [0.2, 0.25) is 0 Å². The van der Waals surface area contributed by atoms with Gasteiger partial charge < -0.3 is 5.11 Å². The van der Waals surface area contributed by atoms with E-state index < -0.39 is 39.0 Å². The average Bonchev–Trinajstić information content (AvgIpc) is 2.81. The fourth-order valence-corrected chi connectivity index (χ4v) is 9.73. The van der Waals surface area contributed by atoms with Crippen LogP contribution in [0.2, 0.25) is 0 Å². The molecule has 0 amide bonds. The van der Waals surface area contributed by atoms with Crippen molar-refractivity contribution in [3.8, 4) is 18.4 Å². The van der Waals surface area contributed by atoms with Crippen molar-refractivity contribution >= 4 is 17.5 Å². The maximum absolute atomic E-state index is 14.3. The zero-order valence-electron chi connectivity index (χ0n) is 23.0. The van der Waals surface area contributed by atoms with E-state index in [0.29, 0.717) is 32.1 Å². The number of hydrogen-bond acceptors (Lipinski definition) is 4. The minimum atomic E-state index is -0.994. The SMILES string of the molecule is C#C[C@]12C=C(C#N)C(=O)C(C)(C)[C@@H]1CC[C@]1(C)C2=CC(=O)[C@@H]2[C@@H]3CC(C)(C)CC[C@]3(C(=O)O)CC[C@]21C. The molecule has 3 fully saturated rings. The third-order valence-electron chi connectivity index (χ3n) is 12.1. The summed E-state index contributed by atoms with van der Waals surface area (Å²) in [5, 5.41) is 20.4. The number of Topliss-reactive ketones (excluding diaryl/α,β-unsaturated/α-hetero) is 1. The summed E-state index contributed by atoms with van der Waals surface area (Å²) in [5.41, 5.74) is -2.70. The highest BCUT2D eigenvalue weighted by Crippen LogP contribution is 2.74. The minimum Gasteiger partial charge on any atom is -0.481 e. The number of aliphatic carboxylic acids is 1. The van der Waals surface area contributed by atoms with E-state index in [9.17, 15) is 24.8 Å². The summed E-state index contributed by atoms with van der Waals surface area (Å²) in [4.78, 5) is 40.3. The lowest BCUT2D eigenvalue weighted by Gasteiger charge is -2.68. The lowest BCUT2D eigenvalue weighted by Crippen LogP contribution is -2.66. The molecule has 5 nitrogen and oxygen atoms in total. The molecule has 0 unspecified atom stereocenters. The highest BCUT2D eigenvalue weighted by molar-refractivity contribution is 6.05. The van der Waals surface area contributed by atoms with Crippen molar-refractivity contribution in [2.45, 2.75) is 86.5 Å². The van der Waals surface area contributed by atoms with Gasteiger partial charge in [0.25, 0.3) is 0 Å². The third kappa shape index (κ3) is 2.95. The van der Waals surface area contributed by atoms with E-state index in [4.69, 9.17) is 6.42 Å². The second-order valence-corrected chi connectivity index (χ2v) is 14.4. The zero-order chi connectivity index (χ0) is 27.4. The molecule has 5 aliphatic carbocycles. The largest absolute Gasteiger partial charge is 0.481 e. The van der Waals surface area contributed by atoms with Crippen LogP contribution in [0.3, 0.4) is 0 Å². The first kappa shape index (κ1) is 26.0. The van der Waals surface area contributed by atoms with Gasteiger partial charge in [0.1, 0.15) is 6.07 Å². The van der Waals surface area contributed by atoms with Crippen LogP contribution in [-0.4, -0.2) is 22.6 Å². The normalized spacial score (nSPS) is 45.5. The van der Waals surface area contributed by atoms with Crippen molar-refractivity contribution < 1.29 is 19.5 Å². The summed E-state index contributed by atoms with van der Waals surface area (Å²) in [6, 6.07) is 2.09. The van der Waals surface area contributed by atoms with E-state index in [2.05, 4.69) is 39.7 Å². The highest BCUT2D eigenvalue weighted by Gasteiger charge is 2.71. The molecule has 5 aliphatic rings. The van der Waals surface area contributed by atoms with Crippen molar-refractivity contribution in [3.05, 3.63) is 23.3 Å². The quantitative estimate of drug-likeness (QED) is 0.451. The number of hydrogen-bond donors (Lipinski definition) is 1. The Kier molecular flexibility index (Phi) is 5.24. The molecule has 0 spiro atoms. The van der Waals surface area contributed by atoms with Gasteiger partial charge in [-0.1, -0.05) is 47.5 Å². The van der Waals surface area contributed by atoms with Crippen LogP contribution in [0.25, 0.3) is 0 Å². The van der Waals surface area contributed by atoms with Crippen LogP contribution in [0, 0.1) is 73.9 Å². The molecule has 0 aromatic rings. The molecule has 3 saturated carbocycles. The fourth-order valence-electron chi connectivity index (χ4n) is 9.73. The number of rotatable bonds is 1. The monoisotopic (exact) mass is 501 g/mol. The average molecular weight is 502 g/mol. The molecule has 0 aliphatic heterocycles. The summed E-state index contributed by atoms with van der Waals surface area (Å²) in [6.07, 6.45) is 14.6. The van der Waals surface area contributed by atoms with Gasteiger partial charge in [-0.2, -0.15) is 5.26 Å². The maximum atomic E-state index is 14.3. The van der Waals surface area contributed by atoms with Gasteiger partial charge in [-0.15, -0.1) is 6.42 Å². The lowest BCUT2D eigenvalue weighted by molar-refractivity contribution is -0.188. The predicted octanol–water partition coefficient (Wildman–Crippen LogP) is 5.90. The van der Waals surface area contributed by atoms with Crippen molar-refractivity contribution in [2.75, 3.05) is 0 Å². The predicted molar refractivity (Wildman–Crippen MR) is 140 cm³/mol. The Morgan fingerprint density at radius 1 is 1.05 bits per heavy atom. The van der Waals surface area contributed by atoms with Crippen molar-refractivity contribution in [3.63, 3.8) is 0 Å². The molecule has 0 aromatic carbocycles. The van der Waals surface area contributed by atoms with Gasteiger partial charge in [-0.05, 0) is 90.8 Å². The van der Waals surface area contributed by atoms with Gasteiger partial charge in [0.15, 0.2) is 11.6 Å². The van der Waals surface area contributed by atoms with Crippen molar-refractivity contribution in [2.24, 2.45) is 50.2 Å². The lowest BCUT2D eigenvalue weighted by atomic mass is 9.34. The Morgan fingerprint density at radius 3 is 2.30 bits per heavy atom. The van der Waals surface area contributed by atoms with E-state index in [1.54, 1.807) is 12.2 Å². The molecule has 37 heavy (non-hydrogen) atoms. The van der Waals surface area contributed by atoms with Crippen LogP contribution in [-0.2, 0) is 14.4 Å². The van der Waals surface area contributed by atoms with E-state index in [1.807, 2.05) is 13.8 Å². The first-order valence-electron chi connectivity index (χ1n) is 13.7. The number of terminal acetylenes is 1. The van der Waals surface area contributed by atoms with Crippen LogP contribution in [0.5, 0.6) is 0 Å². The van der Waals surface area contributed by atoms with Crippen LogP contribution >= 0.6 is 0 Å². The van der Waals surface area contributed by atoms with Gasteiger partial charge in [-0.3, -0.25) is 14.4 Å². The Bertz CT molecular complexity index is 1270. The van der Waals surface area contributed by atoms with E-state index in [0.717, 1.165) is 18.4 Å². The minimum absolute atomic E-state index is 0.0249. The van der Waals surface area contributed by atoms with Gasteiger partial charge in [0, 0.05) is 11.3 Å². The van der Waals surface area contributed by atoms with Gasteiger partial charge in [-0.25, -0.2) is 0 Å². The molecule has 7 atom stereocenters. The molecular weight excluding hydrogens is 462 g/mol. The molecule has 0 heterocycles. The summed E-state index contributed by atoms with van der Waals surface area (Å²) in [5.74, 6) is 1.20. The smallest absolute Gasteiger partial charge is 0.309 e. The summed E-state index contributed by atoms with van der Waals surface area (Å²) in [7, 11) is 0. The van der Waals surface area contributed by atoms with Crippen LogP contribution < -0.4 is 0 Å². The van der Waals surface area contributed by atoms with Gasteiger partial charge >= 0.3 is 5.97 Å². The number of ketones is 2. The van der Waals surface area contributed by atoms with Crippen LogP contribution in [0.15, 0.2) is 23.3 Å². The fraction of sp³-hybridized carbons (Fsp3) is 0.688. The summed E-state index contributed by atoms with van der Waals surface area (Å²) >= 11 is 0. The van der Waals surface area contributed by atoms with Crippen molar-refractivity contribution in [1.29, 1.82) is 5.26 Å². The second-order valence-electron chi connectivity index (χ2n) is 14.4. The Hall–Kier alpha value is -2.66. The number of allylic oxidation sites excluding steroid dienone is 4. The molecule has 5 heteroatoms. The number of fused-ring (bicyclic) bond motifs is 7. The van der Waals surface area contributed by atoms with Crippen LogP contribution in [0.1, 0.15) is 86.5 Å². The van der Waals surface area contributed by atoms with E-state index in [1.165, 1.54) is 0 Å². The zero-order valence-corrected chi connectivity index (χ0v) is 23.0. The molecular formula is C32H39NO4. The highest BCUT2D eigenvalue weighted by atomic mass is 16.4. The molecule has 0 bridgehead atoms. The van der Waals surface area contributed by atoms with Crippen molar-refractivity contribution in [1.82, 2.24) is 0 Å². The molecule has 196 valence electrons. The van der Waals surface area contributed by atoms with E-state index >= 15 is 0 Å². The Labute approximate surface area is 220 Å². The molecule has 5 rings (SSSR count). The Balaban J connectivity index is 1.74. The Morgan fingerprint density at radius 2 is 1.70 bits per heavy atom. The topological polar surface area (TPSA) is 95.2 Å². The third-order valence-corrected chi connectivity index (χ3v) is 12.1. The molecule has 0 aromatic heterocycles. The molecule has 0 radical (unpaired) electrons. The number of carboxylic acids is 1. The molecule has 0 saturated heterocycles. The number of carbonyl (C=O) groups excluding carboxylic acids is 2. The first-order valence-corrected chi connectivity index (χ1v) is 13.7. The standard InChI is InChI=1S/C32H39NO4/c1-8-31-16-19(18-33)25(35)28(4,5)22(31)9-10-29(6)23(31)15-21(34)24-20-17-27(2,3)11-13-32(20,26(36)37)14-12-30(24,29)7/h1,15-16,20,22,24H,9-14,17H2,2-7H3,(H,36,37)/t20-,22-,24-,29+,30+,31-,32-/m0/s1. The summed E-state index contributed by atoms with van der Waals surface area (Å²) < 4.78 is 0. The van der Waals surface area contributed by atoms with Gasteiger partial charge in [0.05, 0.1) is 16.4 Å². The summed E-state index contributed by atoms with van der Waals surface area (Å²) in [6.45, 7) is 12.5.